The van der Waals surface area contributed by atoms with Gasteiger partial charge in [-0.25, -0.2) is 0 Å². The van der Waals surface area contributed by atoms with E-state index in [2.05, 4.69) is 22.2 Å². The van der Waals surface area contributed by atoms with E-state index in [1.165, 1.54) is 0 Å². The Morgan fingerprint density at radius 2 is 1.95 bits per heavy atom. The quantitative estimate of drug-likeness (QED) is 0.787. The van der Waals surface area contributed by atoms with Crippen molar-refractivity contribution in [3.63, 3.8) is 0 Å². The van der Waals surface area contributed by atoms with E-state index < -0.39 is 0 Å². The fourth-order valence-corrected chi connectivity index (χ4v) is 1.88. The average Bonchev–Trinajstić information content (AvgIpc) is 2.48. The summed E-state index contributed by atoms with van der Waals surface area (Å²) in [4.78, 5) is 8.56. The zero-order valence-electron chi connectivity index (χ0n) is 12.1. The Balaban J connectivity index is 2.02. The Morgan fingerprint density at radius 1 is 1.15 bits per heavy atom. The van der Waals surface area contributed by atoms with Crippen molar-refractivity contribution in [3.8, 4) is 5.75 Å². The molecule has 2 rings (SSSR count). The molecule has 0 aromatic carbocycles. The van der Waals surface area contributed by atoms with Gasteiger partial charge in [0.05, 0.1) is 5.69 Å². The van der Waals surface area contributed by atoms with Gasteiger partial charge in [0.1, 0.15) is 12.4 Å². The smallest absolute Gasteiger partial charge is 0.142 e. The maximum atomic E-state index is 5.88. The summed E-state index contributed by atoms with van der Waals surface area (Å²) >= 11 is 0. The van der Waals surface area contributed by atoms with Crippen molar-refractivity contribution in [1.29, 1.82) is 0 Å². The topological polar surface area (TPSA) is 47.0 Å². The molecule has 106 valence electrons. The second-order valence-electron chi connectivity index (χ2n) is 4.72. The molecule has 0 atom stereocenters. The summed E-state index contributed by atoms with van der Waals surface area (Å²) in [5.74, 6) is 0.844. The molecule has 2 aromatic heterocycles. The molecule has 0 aliphatic carbocycles. The summed E-state index contributed by atoms with van der Waals surface area (Å²) in [6.07, 6.45) is 4.66. The van der Waals surface area contributed by atoms with Gasteiger partial charge in [0.15, 0.2) is 0 Å². The molecular weight excluding hydrogens is 250 g/mol. The number of nitrogens with zero attached hydrogens (tertiary/aromatic N) is 2. The summed E-state index contributed by atoms with van der Waals surface area (Å²) in [6.45, 7) is 6.40. The van der Waals surface area contributed by atoms with Gasteiger partial charge in [0.25, 0.3) is 0 Å². The Kier molecular flexibility index (Phi) is 5.50. The van der Waals surface area contributed by atoms with E-state index in [0.29, 0.717) is 6.61 Å². The van der Waals surface area contributed by atoms with Crippen molar-refractivity contribution in [2.45, 2.75) is 33.4 Å². The van der Waals surface area contributed by atoms with Gasteiger partial charge in [0.2, 0.25) is 0 Å². The van der Waals surface area contributed by atoms with Crippen LogP contribution in [0.3, 0.4) is 0 Å². The van der Waals surface area contributed by atoms with Crippen LogP contribution < -0.4 is 10.1 Å². The van der Waals surface area contributed by atoms with Crippen LogP contribution in [0.1, 0.15) is 30.3 Å². The predicted molar refractivity (Wildman–Crippen MR) is 79.5 cm³/mol. The van der Waals surface area contributed by atoms with E-state index in [0.717, 1.165) is 42.2 Å². The van der Waals surface area contributed by atoms with Crippen molar-refractivity contribution < 1.29 is 4.74 Å². The first-order chi connectivity index (χ1) is 9.79. The third kappa shape index (κ3) is 4.31. The van der Waals surface area contributed by atoms with E-state index in [-0.39, 0.29) is 0 Å². The molecule has 0 radical (unpaired) electrons. The molecule has 4 nitrogen and oxygen atoms in total. The largest absolute Gasteiger partial charge is 0.487 e. The van der Waals surface area contributed by atoms with Crippen LogP contribution in [0.2, 0.25) is 0 Å². The highest BCUT2D eigenvalue weighted by molar-refractivity contribution is 5.29. The van der Waals surface area contributed by atoms with Gasteiger partial charge in [0, 0.05) is 24.6 Å². The molecule has 0 spiro atoms. The Hall–Kier alpha value is -1.94. The first-order valence-electron chi connectivity index (χ1n) is 6.98. The normalized spacial score (nSPS) is 10.5. The minimum absolute atomic E-state index is 0.536. The summed E-state index contributed by atoms with van der Waals surface area (Å²) in [7, 11) is 0. The van der Waals surface area contributed by atoms with Crippen LogP contribution >= 0.6 is 0 Å². The minimum atomic E-state index is 0.536. The van der Waals surface area contributed by atoms with Gasteiger partial charge in [-0.05, 0) is 49.7 Å². The van der Waals surface area contributed by atoms with E-state index in [1.54, 1.807) is 12.4 Å². The van der Waals surface area contributed by atoms with E-state index >= 15 is 0 Å². The lowest BCUT2D eigenvalue weighted by Gasteiger charge is -2.12. The highest BCUT2D eigenvalue weighted by atomic mass is 16.5. The second kappa shape index (κ2) is 7.60. The van der Waals surface area contributed by atoms with Crippen LogP contribution in [0.25, 0.3) is 0 Å². The third-order valence-corrected chi connectivity index (χ3v) is 2.93. The Bertz CT molecular complexity index is 529. The van der Waals surface area contributed by atoms with Crippen LogP contribution in [0, 0.1) is 6.92 Å². The van der Waals surface area contributed by atoms with E-state index in [1.807, 2.05) is 31.2 Å². The summed E-state index contributed by atoms with van der Waals surface area (Å²) in [5.41, 5.74) is 3.08. The fourth-order valence-electron chi connectivity index (χ4n) is 1.88. The van der Waals surface area contributed by atoms with Gasteiger partial charge in [-0.2, -0.15) is 0 Å². The van der Waals surface area contributed by atoms with Gasteiger partial charge in [-0.15, -0.1) is 0 Å². The van der Waals surface area contributed by atoms with Crippen molar-refractivity contribution in [1.82, 2.24) is 15.3 Å². The summed E-state index contributed by atoms with van der Waals surface area (Å²) < 4.78 is 5.88. The third-order valence-electron chi connectivity index (χ3n) is 2.93. The minimum Gasteiger partial charge on any atom is -0.487 e. The first kappa shape index (κ1) is 14.5. The molecular formula is C16H21N3O. The molecule has 0 saturated carbocycles. The molecule has 0 aliphatic heterocycles. The zero-order chi connectivity index (χ0) is 14.2. The van der Waals surface area contributed by atoms with Crippen molar-refractivity contribution >= 4 is 0 Å². The monoisotopic (exact) mass is 271 g/mol. The molecule has 0 bridgehead atoms. The van der Waals surface area contributed by atoms with Crippen LogP contribution in [-0.2, 0) is 13.2 Å². The Morgan fingerprint density at radius 3 is 2.70 bits per heavy atom. The van der Waals surface area contributed by atoms with Crippen LogP contribution in [0.15, 0.2) is 36.7 Å². The lowest BCUT2D eigenvalue weighted by atomic mass is 10.2. The number of hydrogen-bond acceptors (Lipinski definition) is 4. The Labute approximate surface area is 120 Å². The highest BCUT2D eigenvalue weighted by Gasteiger charge is 2.06. The summed E-state index contributed by atoms with van der Waals surface area (Å²) in [5, 5.41) is 3.36. The van der Waals surface area contributed by atoms with Gasteiger partial charge in [-0.1, -0.05) is 6.92 Å². The van der Waals surface area contributed by atoms with Gasteiger partial charge >= 0.3 is 0 Å². The molecule has 1 N–H and O–H groups in total. The van der Waals surface area contributed by atoms with Gasteiger partial charge in [-0.3, -0.25) is 9.97 Å². The number of ether oxygens (including phenoxy) is 1. The van der Waals surface area contributed by atoms with E-state index in [4.69, 9.17) is 4.74 Å². The maximum absolute atomic E-state index is 5.88. The molecule has 0 fully saturated rings. The molecule has 2 heterocycles. The maximum Gasteiger partial charge on any atom is 0.142 e. The number of aryl methyl sites for hydroxylation is 1. The molecule has 20 heavy (non-hydrogen) atoms. The molecule has 0 amide bonds. The number of nitrogens with one attached hydrogen (secondary N) is 1. The van der Waals surface area contributed by atoms with Crippen LogP contribution in [0.4, 0.5) is 0 Å². The van der Waals surface area contributed by atoms with Crippen molar-refractivity contribution in [2.75, 3.05) is 6.54 Å². The lowest BCUT2D eigenvalue weighted by Crippen LogP contribution is -2.16. The standard InChI is InChI=1S/C16H21N3O/c1-3-8-18-11-15-16(5-4-13(2)19-15)20-12-14-6-9-17-10-7-14/h4-7,9-10,18H,3,8,11-12H2,1-2H3. The lowest BCUT2D eigenvalue weighted by molar-refractivity contribution is 0.300. The molecule has 4 heteroatoms. The molecule has 0 saturated heterocycles. The van der Waals surface area contributed by atoms with Crippen molar-refractivity contribution in [2.24, 2.45) is 0 Å². The number of pyridine rings is 2. The highest BCUT2D eigenvalue weighted by Crippen LogP contribution is 2.18. The predicted octanol–water partition coefficient (Wildman–Crippen LogP) is 2.86. The van der Waals surface area contributed by atoms with Crippen LogP contribution in [0.5, 0.6) is 5.75 Å². The fraction of sp³-hybridized carbons (Fsp3) is 0.375. The molecule has 0 unspecified atom stereocenters. The zero-order valence-corrected chi connectivity index (χ0v) is 12.1. The SMILES string of the molecule is CCCNCc1nc(C)ccc1OCc1ccncc1. The van der Waals surface area contributed by atoms with Crippen LogP contribution in [-0.4, -0.2) is 16.5 Å². The van der Waals surface area contributed by atoms with Crippen molar-refractivity contribution in [3.05, 3.63) is 53.6 Å². The summed E-state index contributed by atoms with van der Waals surface area (Å²) in [6, 6.07) is 7.88. The average molecular weight is 271 g/mol. The number of aromatic nitrogens is 2. The van der Waals surface area contributed by atoms with Gasteiger partial charge < -0.3 is 10.1 Å². The second-order valence-corrected chi connectivity index (χ2v) is 4.72. The first-order valence-corrected chi connectivity index (χ1v) is 6.98. The molecule has 0 aliphatic rings. The van der Waals surface area contributed by atoms with E-state index in [9.17, 15) is 0 Å². The number of hydrogen-bond donors (Lipinski definition) is 1. The number of rotatable bonds is 7. The molecule has 2 aromatic rings.